The van der Waals surface area contributed by atoms with Crippen LogP contribution in [0.4, 0.5) is 21.5 Å². The van der Waals surface area contributed by atoms with Crippen LogP contribution >= 0.6 is 11.6 Å². The quantitative estimate of drug-likeness (QED) is 0.564. The van der Waals surface area contributed by atoms with Crippen LogP contribution in [0, 0.1) is 12.7 Å². The van der Waals surface area contributed by atoms with Crippen LogP contribution in [-0.4, -0.2) is 23.5 Å². The third-order valence-electron chi connectivity index (χ3n) is 4.83. The van der Waals surface area contributed by atoms with Gasteiger partial charge in [0.05, 0.1) is 22.6 Å². The number of halogens is 2. The number of carboxylic acids is 1. The molecule has 1 aliphatic rings. The van der Waals surface area contributed by atoms with Crippen molar-refractivity contribution in [2.45, 2.75) is 6.92 Å². The number of anilines is 3. The molecule has 3 aromatic carbocycles. The van der Waals surface area contributed by atoms with E-state index in [0.29, 0.717) is 16.8 Å². The summed E-state index contributed by atoms with van der Waals surface area (Å²) in [4.78, 5) is 25.7. The van der Waals surface area contributed by atoms with Gasteiger partial charge in [-0.2, -0.15) is 0 Å². The highest BCUT2D eigenvalue weighted by atomic mass is 35.5. The van der Waals surface area contributed by atoms with E-state index in [4.69, 9.17) is 11.6 Å². The second-order valence-electron chi connectivity index (χ2n) is 6.72. The molecule has 3 aromatic rings. The van der Waals surface area contributed by atoms with E-state index in [2.05, 4.69) is 5.32 Å². The predicted octanol–water partition coefficient (Wildman–Crippen LogP) is 5.24. The third-order valence-corrected chi connectivity index (χ3v) is 5.06. The Bertz CT molecular complexity index is 1150. The number of nitrogens with one attached hydrogen (secondary N) is 1. The summed E-state index contributed by atoms with van der Waals surface area (Å²) in [7, 11) is 0. The molecule has 0 radical (unpaired) electrons. The number of carbonyl (C=O) groups is 2. The molecule has 29 heavy (non-hydrogen) atoms. The first-order valence-corrected chi connectivity index (χ1v) is 9.23. The summed E-state index contributed by atoms with van der Waals surface area (Å²) >= 11 is 5.84. The van der Waals surface area contributed by atoms with Crippen LogP contribution in [0.1, 0.15) is 15.9 Å². The van der Waals surface area contributed by atoms with Gasteiger partial charge in [0.1, 0.15) is 12.4 Å². The molecular weight excluding hydrogens is 395 g/mol. The number of nitrogens with zero attached hydrogens (tertiary/aromatic N) is 1. The molecule has 0 fully saturated rings. The lowest BCUT2D eigenvalue weighted by atomic mass is 10.0. The fourth-order valence-corrected chi connectivity index (χ4v) is 3.57. The summed E-state index contributed by atoms with van der Waals surface area (Å²) in [5, 5.41) is 12.2. The number of carbonyl (C=O) groups excluding carboxylic acids is 1. The number of aromatic carboxylic acids is 1. The Morgan fingerprint density at radius 1 is 1.10 bits per heavy atom. The minimum atomic E-state index is -1.19. The zero-order valence-corrected chi connectivity index (χ0v) is 16.1. The maximum Gasteiger partial charge on any atom is 0.337 e. The first-order chi connectivity index (χ1) is 13.9. The summed E-state index contributed by atoms with van der Waals surface area (Å²) in [6.07, 6.45) is 0. The molecule has 0 saturated heterocycles. The molecule has 7 heteroatoms. The maximum absolute atomic E-state index is 14.4. The number of fused-ring (bicyclic) bond motifs is 1. The van der Waals surface area contributed by atoms with Crippen molar-refractivity contribution in [2.24, 2.45) is 0 Å². The molecule has 1 amide bonds. The molecule has 5 nitrogen and oxygen atoms in total. The molecule has 0 unspecified atom stereocenters. The van der Waals surface area contributed by atoms with Gasteiger partial charge >= 0.3 is 5.97 Å². The fraction of sp³-hybridized carbons (Fsp3) is 0.0909. The highest BCUT2D eigenvalue weighted by Gasteiger charge is 2.37. The Balaban J connectivity index is 1.58. The van der Waals surface area contributed by atoms with Gasteiger partial charge in [-0.15, -0.1) is 0 Å². The second-order valence-corrected chi connectivity index (χ2v) is 7.16. The molecular formula is C22H16ClFN2O3. The Kier molecular flexibility index (Phi) is 4.72. The van der Waals surface area contributed by atoms with Gasteiger partial charge < -0.3 is 15.3 Å². The lowest BCUT2D eigenvalue weighted by Crippen LogP contribution is -2.24. The minimum absolute atomic E-state index is 0.0544. The van der Waals surface area contributed by atoms with Crippen molar-refractivity contribution in [1.29, 1.82) is 0 Å². The van der Waals surface area contributed by atoms with Crippen molar-refractivity contribution >= 4 is 40.5 Å². The van der Waals surface area contributed by atoms with Crippen molar-refractivity contribution in [1.82, 2.24) is 0 Å². The molecule has 0 aromatic heterocycles. The van der Waals surface area contributed by atoms with E-state index in [9.17, 15) is 19.1 Å². The molecule has 1 aliphatic heterocycles. The summed E-state index contributed by atoms with van der Waals surface area (Å²) in [5.41, 5.74) is 3.61. The van der Waals surface area contributed by atoms with Gasteiger partial charge in [0.15, 0.2) is 0 Å². The number of benzene rings is 3. The highest BCUT2D eigenvalue weighted by Crippen LogP contribution is 2.56. The van der Waals surface area contributed by atoms with E-state index >= 15 is 0 Å². The number of carboxylic acid groups (broad SMARTS) is 1. The number of hydrogen-bond acceptors (Lipinski definition) is 3. The molecule has 0 bridgehead atoms. The Hall–Kier alpha value is -3.38. The van der Waals surface area contributed by atoms with Crippen molar-refractivity contribution in [2.75, 3.05) is 16.8 Å². The van der Waals surface area contributed by atoms with Crippen molar-refractivity contribution < 1.29 is 19.1 Å². The van der Waals surface area contributed by atoms with E-state index in [-0.39, 0.29) is 28.6 Å². The average molecular weight is 411 g/mol. The molecule has 146 valence electrons. The van der Waals surface area contributed by atoms with Crippen molar-refractivity contribution in [3.63, 3.8) is 0 Å². The summed E-state index contributed by atoms with van der Waals surface area (Å²) in [6, 6.07) is 15.1. The first-order valence-electron chi connectivity index (χ1n) is 8.85. The number of amides is 1. The van der Waals surface area contributed by atoms with Crippen LogP contribution in [0.25, 0.3) is 11.1 Å². The normalized spacial score (nSPS) is 11.8. The smallest absolute Gasteiger partial charge is 0.337 e. The number of rotatable bonds is 5. The lowest BCUT2D eigenvalue weighted by Gasteiger charge is -2.10. The van der Waals surface area contributed by atoms with Gasteiger partial charge in [-0.3, -0.25) is 4.79 Å². The van der Waals surface area contributed by atoms with E-state index < -0.39 is 11.9 Å². The zero-order chi connectivity index (χ0) is 20.7. The van der Waals surface area contributed by atoms with Crippen LogP contribution in [0.2, 0.25) is 5.02 Å². The average Bonchev–Trinajstić information content (AvgIpc) is 3.40. The summed E-state index contributed by atoms with van der Waals surface area (Å²) < 4.78 is 14.4. The minimum Gasteiger partial charge on any atom is -0.478 e. The van der Waals surface area contributed by atoms with Crippen LogP contribution < -0.4 is 10.2 Å². The van der Waals surface area contributed by atoms with Crippen molar-refractivity contribution in [3.8, 4) is 11.1 Å². The lowest BCUT2D eigenvalue weighted by molar-refractivity contribution is -0.114. The molecule has 2 N–H and O–H groups in total. The Morgan fingerprint density at radius 2 is 1.83 bits per heavy atom. The SMILES string of the molecule is Cc1c(F)cc(-c2ccccc2)c2c1N2CC(=O)Nc1ccc(Cl)cc1C(=O)O. The zero-order valence-electron chi connectivity index (χ0n) is 15.4. The summed E-state index contributed by atoms with van der Waals surface area (Å²) in [6.45, 7) is 1.61. The first kappa shape index (κ1) is 19.0. The monoisotopic (exact) mass is 410 g/mol. The molecule has 0 atom stereocenters. The molecule has 1 heterocycles. The number of hydrogen-bond donors (Lipinski definition) is 2. The van der Waals surface area contributed by atoms with E-state index in [0.717, 1.165) is 11.3 Å². The molecule has 0 saturated carbocycles. The Labute approximate surface area is 171 Å². The predicted molar refractivity (Wildman–Crippen MR) is 111 cm³/mol. The fourth-order valence-electron chi connectivity index (χ4n) is 3.40. The second kappa shape index (κ2) is 7.22. The van der Waals surface area contributed by atoms with Gasteiger partial charge in [0.25, 0.3) is 0 Å². The van der Waals surface area contributed by atoms with Crippen LogP contribution in [0.5, 0.6) is 0 Å². The summed E-state index contributed by atoms with van der Waals surface area (Å²) in [5.74, 6) is -1.94. The van der Waals surface area contributed by atoms with Gasteiger partial charge in [-0.25, -0.2) is 9.18 Å². The highest BCUT2D eigenvalue weighted by molar-refractivity contribution is 6.31. The maximum atomic E-state index is 14.4. The van der Waals surface area contributed by atoms with Gasteiger partial charge in [0.2, 0.25) is 5.91 Å². The van der Waals surface area contributed by atoms with Crippen LogP contribution in [-0.2, 0) is 4.79 Å². The molecule has 0 spiro atoms. The molecule has 4 rings (SSSR count). The standard InChI is InChI=1S/C22H16ClFN2O3/c1-12-17(24)10-15(13-5-3-2-4-6-13)21-20(12)26(21)11-19(27)25-18-8-7-14(23)9-16(18)22(28)29/h2-10H,11H2,1H3,(H,25,27)(H,28,29). The molecule has 0 aliphatic carbocycles. The van der Waals surface area contributed by atoms with Gasteiger partial charge in [-0.05, 0) is 36.8 Å². The van der Waals surface area contributed by atoms with Crippen molar-refractivity contribution in [3.05, 3.63) is 76.6 Å². The van der Waals surface area contributed by atoms with Crippen LogP contribution in [0.15, 0.2) is 54.6 Å². The van der Waals surface area contributed by atoms with E-state index in [1.807, 2.05) is 30.3 Å². The van der Waals surface area contributed by atoms with E-state index in [1.54, 1.807) is 11.8 Å². The third kappa shape index (κ3) is 3.54. The van der Waals surface area contributed by atoms with Gasteiger partial charge in [-0.1, -0.05) is 41.9 Å². The topological polar surface area (TPSA) is 69.4 Å². The van der Waals surface area contributed by atoms with Crippen LogP contribution in [0.3, 0.4) is 0 Å². The van der Waals surface area contributed by atoms with Gasteiger partial charge in [0, 0.05) is 16.1 Å². The Morgan fingerprint density at radius 3 is 2.52 bits per heavy atom. The van der Waals surface area contributed by atoms with E-state index in [1.165, 1.54) is 24.3 Å². The largest absolute Gasteiger partial charge is 0.478 e.